The minimum atomic E-state index is -0.464. The summed E-state index contributed by atoms with van der Waals surface area (Å²) >= 11 is 0. The highest BCUT2D eigenvalue weighted by molar-refractivity contribution is 5.99. The van der Waals surface area contributed by atoms with Gasteiger partial charge in [0, 0.05) is 17.7 Å². The molecule has 2 aromatic carbocycles. The van der Waals surface area contributed by atoms with Crippen LogP contribution in [-0.2, 0) is 4.79 Å². The third kappa shape index (κ3) is 2.86. The molecule has 0 spiro atoms. The van der Waals surface area contributed by atoms with Gasteiger partial charge in [-0.05, 0) is 13.8 Å². The average molecular weight is 290 g/mol. The predicted octanol–water partition coefficient (Wildman–Crippen LogP) is 3.27. The van der Waals surface area contributed by atoms with Crippen molar-refractivity contribution in [2.24, 2.45) is 0 Å². The van der Waals surface area contributed by atoms with Gasteiger partial charge in [-0.15, -0.1) is 0 Å². The quantitative estimate of drug-likeness (QED) is 0.676. The van der Waals surface area contributed by atoms with Crippen molar-refractivity contribution in [1.29, 1.82) is 0 Å². The molecule has 0 saturated carbocycles. The third-order valence-corrected chi connectivity index (χ3v) is 2.88. The summed E-state index contributed by atoms with van der Waals surface area (Å²) in [6, 6.07) is 7.07. The molecule has 0 saturated heterocycles. The van der Waals surface area contributed by atoms with E-state index < -0.39 is 5.97 Å². The maximum atomic E-state index is 11.4. The van der Waals surface area contributed by atoms with Crippen LogP contribution in [0.15, 0.2) is 24.3 Å². The number of fused-ring (bicyclic) bond motifs is 1. The van der Waals surface area contributed by atoms with Crippen molar-refractivity contribution in [2.75, 3.05) is 13.2 Å². The molecule has 0 atom stereocenters. The molecule has 0 amide bonds. The lowest BCUT2D eigenvalue weighted by molar-refractivity contribution is -0.131. The monoisotopic (exact) mass is 290 g/mol. The van der Waals surface area contributed by atoms with Gasteiger partial charge in [-0.25, -0.2) is 0 Å². The van der Waals surface area contributed by atoms with Crippen molar-refractivity contribution >= 4 is 16.7 Å². The van der Waals surface area contributed by atoms with Crippen molar-refractivity contribution in [3.63, 3.8) is 0 Å². The lowest BCUT2D eigenvalue weighted by atomic mass is 10.1. The minimum Gasteiger partial charge on any atom is -0.504 e. The molecule has 0 aliphatic heterocycles. The molecule has 112 valence electrons. The Morgan fingerprint density at radius 3 is 2.14 bits per heavy atom. The summed E-state index contributed by atoms with van der Waals surface area (Å²) in [6.07, 6.45) is 0. The number of hydrogen-bond acceptors (Lipinski definition) is 5. The second-order valence-corrected chi connectivity index (χ2v) is 4.34. The van der Waals surface area contributed by atoms with E-state index in [-0.39, 0.29) is 23.0 Å². The van der Waals surface area contributed by atoms with Gasteiger partial charge in [-0.2, -0.15) is 0 Å². The number of esters is 1. The molecule has 2 aromatic rings. The van der Waals surface area contributed by atoms with E-state index >= 15 is 0 Å². The van der Waals surface area contributed by atoms with Crippen molar-refractivity contribution in [2.45, 2.75) is 20.8 Å². The van der Waals surface area contributed by atoms with Crippen LogP contribution in [0.5, 0.6) is 23.0 Å². The Hall–Kier alpha value is -2.43. The predicted molar refractivity (Wildman–Crippen MR) is 79.3 cm³/mol. The molecule has 0 heterocycles. The number of ether oxygens (including phenoxy) is 3. The number of carbonyl (C=O) groups is 1. The zero-order chi connectivity index (χ0) is 15.4. The Morgan fingerprint density at radius 2 is 1.57 bits per heavy atom. The zero-order valence-electron chi connectivity index (χ0n) is 12.3. The largest absolute Gasteiger partial charge is 0.504 e. The average Bonchev–Trinajstić information content (AvgIpc) is 2.47. The van der Waals surface area contributed by atoms with Crippen LogP contribution in [0.3, 0.4) is 0 Å². The Morgan fingerprint density at radius 1 is 1.00 bits per heavy atom. The molecule has 5 heteroatoms. The summed E-state index contributed by atoms with van der Waals surface area (Å²) in [4.78, 5) is 11.4. The normalized spacial score (nSPS) is 10.4. The zero-order valence-corrected chi connectivity index (χ0v) is 12.3. The van der Waals surface area contributed by atoms with Crippen molar-refractivity contribution in [3.05, 3.63) is 24.3 Å². The fraction of sp³-hybridized carbons (Fsp3) is 0.312. The van der Waals surface area contributed by atoms with Crippen LogP contribution >= 0.6 is 0 Å². The highest BCUT2D eigenvalue weighted by atomic mass is 16.6. The van der Waals surface area contributed by atoms with Crippen LogP contribution in [0.4, 0.5) is 0 Å². The topological polar surface area (TPSA) is 65.0 Å². The first-order valence-corrected chi connectivity index (χ1v) is 6.81. The lowest BCUT2D eigenvalue weighted by Gasteiger charge is -2.18. The van der Waals surface area contributed by atoms with Gasteiger partial charge in [0.15, 0.2) is 11.5 Å². The molecule has 1 N–H and O–H groups in total. The second-order valence-electron chi connectivity index (χ2n) is 4.34. The van der Waals surface area contributed by atoms with E-state index in [0.717, 1.165) is 0 Å². The van der Waals surface area contributed by atoms with Crippen molar-refractivity contribution in [1.82, 2.24) is 0 Å². The van der Waals surface area contributed by atoms with E-state index in [0.29, 0.717) is 24.0 Å². The Kier molecular flexibility index (Phi) is 4.52. The highest BCUT2D eigenvalue weighted by Gasteiger charge is 2.23. The minimum absolute atomic E-state index is 0.0215. The van der Waals surface area contributed by atoms with Crippen LogP contribution in [0.25, 0.3) is 10.8 Å². The van der Waals surface area contributed by atoms with E-state index in [1.54, 1.807) is 38.1 Å². The van der Waals surface area contributed by atoms with Gasteiger partial charge >= 0.3 is 5.97 Å². The summed E-state index contributed by atoms with van der Waals surface area (Å²) in [7, 11) is 0. The molecule has 0 aliphatic rings. The SMILES string of the molecule is CCOc1c(OCC)c(OC(C)=O)c2ccccc2c1O. The summed E-state index contributed by atoms with van der Waals surface area (Å²) in [5, 5.41) is 11.5. The standard InChI is InChI=1S/C16H18O5/c1-4-19-15-13(18)11-8-6-7-9-12(11)14(21-10(3)17)16(15)20-5-2/h6-9,18H,4-5H2,1-3H3. The number of rotatable bonds is 5. The van der Waals surface area contributed by atoms with Crippen molar-refractivity contribution < 1.29 is 24.1 Å². The molecule has 0 aromatic heterocycles. The summed E-state index contributed by atoms with van der Waals surface area (Å²) in [5.74, 6) is 0.210. The van der Waals surface area contributed by atoms with E-state index in [2.05, 4.69) is 0 Å². The Bertz CT molecular complexity index is 663. The Balaban J connectivity index is 2.81. The third-order valence-electron chi connectivity index (χ3n) is 2.88. The highest BCUT2D eigenvalue weighted by Crippen LogP contribution is 2.50. The number of carbonyl (C=O) groups excluding carboxylic acids is 1. The van der Waals surface area contributed by atoms with Crippen LogP contribution < -0.4 is 14.2 Å². The number of hydrogen-bond donors (Lipinski definition) is 1. The van der Waals surface area contributed by atoms with Crippen LogP contribution in [-0.4, -0.2) is 24.3 Å². The fourth-order valence-corrected chi connectivity index (χ4v) is 2.14. The summed E-state index contributed by atoms with van der Waals surface area (Å²) < 4.78 is 16.3. The molecule has 0 bridgehead atoms. The molecule has 2 rings (SSSR count). The molecular formula is C16H18O5. The lowest BCUT2D eigenvalue weighted by Crippen LogP contribution is -2.07. The smallest absolute Gasteiger partial charge is 0.308 e. The van der Waals surface area contributed by atoms with Crippen LogP contribution in [0.2, 0.25) is 0 Å². The first-order chi connectivity index (χ1) is 10.1. The first-order valence-electron chi connectivity index (χ1n) is 6.81. The van der Waals surface area contributed by atoms with Gasteiger partial charge in [0.2, 0.25) is 11.5 Å². The maximum Gasteiger partial charge on any atom is 0.308 e. The Labute approximate surface area is 123 Å². The van der Waals surface area contributed by atoms with E-state index in [9.17, 15) is 9.90 Å². The van der Waals surface area contributed by atoms with Crippen LogP contribution in [0.1, 0.15) is 20.8 Å². The van der Waals surface area contributed by atoms with Gasteiger partial charge in [0.25, 0.3) is 0 Å². The molecule has 0 fully saturated rings. The number of phenolic OH excluding ortho intramolecular Hbond substituents is 1. The van der Waals surface area contributed by atoms with Gasteiger partial charge in [0.05, 0.1) is 13.2 Å². The van der Waals surface area contributed by atoms with E-state index in [1.165, 1.54) is 6.92 Å². The van der Waals surface area contributed by atoms with Gasteiger partial charge in [-0.3, -0.25) is 4.79 Å². The molecule has 21 heavy (non-hydrogen) atoms. The molecule has 0 aliphatic carbocycles. The van der Waals surface area contributed by atoms with Gasteiger partial charge < -0.3 is 19.3 Å². The number of aromatic hydroxyl groups is 1. The van der Waals surface area contributed by atoms with Crippen LogP contribution in [0, 0.1) is 0 Å². The maximum absolute atomic E-state index is 11.4. The van der Waals surface area contributed by atoms with Gasteiger partial charge in [0.1, 0.15) is 0 Å². The van der Waals surface area contributed by atoms with Gasteiger partial charge in [-0.1, -0.05) is 24.3 Å². The fourth-order valence-electron chi connectivity index (χ4n) is 2.14. The van der Waals surface area contributed by atoms with E-state index in [4.69, 9.17) is 14.2 Å². The molecule has 5 nitrogen and oxygen atoms in total. The number of benzene rings is 2. The molecule has 0 radical (unpaired) electrons. The van der Waals surface area contributed by atoms with Crippen molar-refractivity contribution in [3.8, 4) is 23.0 Å². The first kappa shape index (κ1) is 15.0. The number of phenols is 1. The summed E-state index contributed by atoms with van der Waals surface area (Å²) in [5.41, 5.74) is 0. The van der Waals surface area contributed by atoms with E-state index in [1.807, 2.05) is 0 Å². The second kappa shape index (κ2) is 6.35. The summed E-state index contributed by atoms with van der Waals surface area (Å²) in [6.45, 7) is 5.63. The molecule has 0 unspecified atom stereocenters. The molecular weight excluding hydrogens is 272 g/mol.